The first kappa shape index (κ1) is 13.3. The van der Waals surface area contributed by atoms with Crippen LogP contribution in [0.5, 0.6) is 0 Å². The van der Waals surface area contributed by atoms with Gasteiger partial charge in [0.25, 0.3) is 0 Å². The van der Waals surface area contributed by atoms with E-state index in [4.69, 9.17) is 18.9 Å². The van der Waals surface area contributed by atoms with E-state index in [1.165, 1.54) is 6.42 Å². The zero-order chi connectivity index (χ0) is 12.3. The third-order valence-electron chi connectivity index (χ3n) is 3.22. The predicted molar refractivity (Wildman–Crippen MR) is 63.9 cm³/mol. The molecular weight excluding hydrogens is 220 g/mol. The van der Waals surface area contributed by atoms with Gasteiger partial charge in [0.1, 0.15) is 6.10 Å². The molecule has 2 aliphatic rings. The molecule has 0 N–H and O–H groups in total. The van der Waals surface area contributed by atoms with Crippen LogP contribution in [-0.2, 0) is 18.9 Å². The molecule has 0 aromatic heterocycles. The Balaban J connectivity index is 1.71. The van der Waals surface area contributed by atoms with Crippen molar-refractivity contribution in [3.63, 3.8) is 0 Å². The van der Waals surface area contributed by atoms with Crippen LogP contribution in [0.1, 0.15) is 40.0 Å². The van der Waals surface area contributed by atoms with Crippen LogP contribution >= 0.6 is 0 Å². The van der Waals surface area contributed by atoms with Crippen molar-refractivity contribution in [2.45, 2.75) is 64.1 Å². The van der Waals surface area contributed by atoms with Crippen molar-refractivity contribution >= 4 is 0 Å². The fraction of sp³-hybridized carbons (Fsp3) is 1.00. The Bertz CT molecular complexity index is 242. The maximum absolute atomic E-state index is 5.85. The molecule has 2 heterocycles. The van der Waals surface area contributed by atoms with Crippen LogP contribution < -0.4 is 0 Å². The van der Waals surface area contributed by atoms with Gasteiger partial charge in [-0.05, 0) is 20.3 Å². The second kappa shape index (κ2) is 5.65. The van der Waals surface area contributed by atoms with Crippen molar-refractivity contribution in [2.75, 3.05) is 19.8 Å². The highest BCUT2D eigenvalue weighted by Gasteiger charge is 2.45. The quantitative estimate of drug-likeness (QED) is 0.694. The van der Waals surface area contributed by atoms with E-state index in [0.717, 1.165) is 19.4 Å². The summed E-state index contributed by atoms with van der Waals surface area (Å²) < 4.78 is 22.9. The van der Waals surface area contributed by atoms with Crippen LogP contribution in [0.4, 0.5) is 0 Å². The lowest BCUT2D eigenvalue weighted by Gasteiger charge is -2.29. The van der Waals surface area contributed by atoms with E-state index in [2.05, 4.69) is 6.92 Å². The normalized spacial score (nSPS) is 35.8. The second-order valence-electron chi connectivity index (χ2n) is 5.33. The molecule has 2 fully saturated rings. The zero-order valence-corrected chi connectivity index (χ0v) is 11.1. The zero-order valence-electron chi connectivity index (χ0n) is 11.1. The molecule has 3 atom stereocenters. The van der Waals surface area contributed by atoms with Crippen LogP contribution in [0, 0.1) is 0 Å². The molecule has 0 amide bonds. The largest absolute Gasteiger partial charge is 0.379 e. The van der Waals surface area contributed by atoms with Crippen LogP contribution in [-0.4, -0.2) is 43.9 Å². The number of hydrogen-bond acceptors (Lipinski definition) is 4. The van der Waals surface area contributed by atoms with Gasteiger partial charge in [-0.15, -0.1) is 0 Å². The fourth-order valence-electron chi connectivity index (χ4n) is 2.39. The Kier molecular flexibility index (Phi) is 4.42. The van der Waals surface area contributed by atoms with Gasteiger partial charge in [0, 0.05) is 13.0 Å². The molecule has 3 unspecified atom stereocenters. The van der Waals surface area contributed by atoms with Crippen molar-refractivity contribution in [1.82, 2.24) is 0 Å². The van der Waals surface area contributed by atoms with Gasteiger partial charge in [0.2, 0.25) is 0 Å². The van der Waals surface area contributed by atoms with Gasteiger partial charge in [-0.2, -0.15) is 0 Å². The van der Waals surface area contributed by atoms with Crippen molar-refractivity contribution in [1.29, 1.82) is 0 Å². The minimum atomic E-state index is -0.462. The summed E-state index contributed by atoms with van der Waals surface area (Å²) in [4.78, 5) is 0. The number of hydrogen-bond donors (Lipinski definition) is 0. The Hall–Kier alpha value is -0.160. The Morgan fingerprint density at radius 2 is 2.00 bits per heavy atom. The highest BCUT2D eigenvalue weighted by molar-refractivity contribution is 4.87. The fourth-order valence-corrected chi connectivity index (χ4v) is 2.39. The van der Waals surface area contributed by atoms with Crippen molar-refractivity contribution in [3.8, 4) is 0 Å². The van der Waals surface area contributed by atoms with Gasteiger partial charge in [0.05, 0.1) is 25.4 Å². The van der Waals surface area contributed by atoms with E-state index < -0.39 is 5.79 Å². The summed E-state index contributed by atoms with van der Waals surface area (Å²) in [5.74, 6) is -0.462. The van der Waals surface area contributed by atoms with Gasteiger partial charge in [0.15, 0.2) is 5.79 Å². The van der Waals surface area contributed by atoms with Crippen LogP contribution in [0.2, 0.25) is 0 Å². The van der Waals surface area contributed by atoms with Gasteiger partial charge >= 0.3 is 0 Å². The minimum absolute atomic E-state index is 0.0943. The number of fused-ring (bicyclic) bond motifs is 1. The highest BCUT2D eigenvalue weighted by Crippen LogP contribution is 2.34. The van der Waals surface area contributed by atoms with Gasteiger partial charge in [-0.1, -0.05) is 13.3 Å². The van der Waals surface area contributed by atoms with Crippen molar-refractivity contribution in [3.05, 3.63) is 0 Å². The maximum atomic E-state index is 5.85. The molecule has 0 bridgehead atoms. The smallest absolute Gasteiger partial charge is 0.163 e. The van der Waals surface area contributed by atoms with Crippen LogP contribution in [0.25, 0.3) is 0 Å². The number of ether oxygens (including phenoxy) is 4. The summed E-state index contributed by atoms with van der Waals surface area (Å²) in [5.41, 5.74) is 0. The molecule has 0 spiro atoms. The van der Waals surface area contributed by atoms with E-state index in [1.54, 1.807) is 0 Å². The molecule has 4 heteroatoms. The molecule has 0 aromatic carbocycles. The number of unbranched alkanes of at least 4 members (excludes halogenated alkanes) is 1. The van der Waals surface area contributed by atoms with Gasteiger partial charge in [-0.3, -0.25) is 0 Å². The van der Waals surface area contributed by atoms with E-state index in [0.29, 0.717) is 13.2 Å². The Morgan fingerprint density at radius 1 is 1.24 bits per heavy atom. The second-order valence-corrected chi connectivity index (χ2v) is 5.33. The summed E-state index contributed by atoms with van der Waals surface area (Å²) in [7, 11) is 0. The molecule has 17 heavy (non-hydrogen) atoms. The molecule has 0 radical (unpaired) electrons. The first-order valence-electron chi connectivity index (χ1n) is 6.65. The lowest BCUT2D eigenvalue weighted by molar-refractivity contribution is -0.146. The van der Waals surface area contributed by atoms with Crippen LogP contribution in [0.15, 0.2) is 0 Å². The topological polar surface area (TPSA) is 36.9 Å². The molecule has 2 aliphatic heterocycles. The molecule has 100 valence electrons. The molecular formula is C13H24O4. The van der Waals surface area contributed by atoms with E-state index in [9.17, 15) is 0 Å². The lowest BCUT2D eigenvalue weighted by Crippen LogP contribution is -2.41. The molecule has 0 saturated carbocycles. The SMILES string of the molecule is CCCCOCC1CC2OC(C)(C)OC2CO1. The molecule has 2 saturated heterocycles. The predicted octanol–water partition coefficient (Wildman–Crippen LogP) is 2.11. The first-order chi connectivity index (χ1) is 8.11. The Morgan fingerprint density at radius 3 is 2.76 bits per heavy atom. The van der Waals surface area contributed by atoms with Crippen molar-refractivity contribution in [2.24, 2.45) is 0 Å². The summed E-state index contributed by atoms with van der Waals surface area (Å²) >= 11 is 0. The van der Waals surface area contributed by atoms with Crippen LogP contribution in [0.3, 0.4) is 0 Å². The van der Waals surface area contributed by atoms with E-state index in [-0.39, 0.29) is 18.3 Å². The highest BCUT2D eigenvalue weighted by atomic mass is 16.8. The lowest BCUT2D eigenvalue weighted by atomic mass is 10.0. The first-order valence-corrected chi connectivity index (χ1v) is 6.65. The summed E-state index contributed by atoms with van der Waals surface area (Å²) in [5, 5.41) is 0. The monoisotopic (exact) mass is 244 g/mol. The summed E-state index contributed by atoms with van der Waals surface area (Å²) in [6, 6.07) is 0. The van der Waals surface area contributed by atoms with Gasteiger partial charge in [-0.25, -0.2) is 0 Å². The maximum Gasteiger partial charge on any atom is 0.163 e. The molecule has 0 aliphatic carbocycles. The molecule has 4 nitrogen and oxygen atoms in total. The Labute approximate surface area is 104 Å². The van der Waals surface area contributed by atoms with E-state index in [1.807, 2.05) is 13.8 Å². The third-order valence-corrected chi connectivity index (χ3v) is 3.22. The average Bonchev–Trinajstić information content (AvgIpc) is 2.57. The third kappa shape index (κ3) is 3.65. The minimum Gasteiger partial charge on any atom is -0.379 e. The standard InChI is InChI=1S/C13H24O4/c1-4-5-6-14-8-10-7-11-12(9-15-10)17-13(2,3)16-11/h10-12H,4-9H2,1-3H3. The summed E-state index contributed by atoms with van der Waals surface area (Å²) in [6.07, 6.45) is 3.58. The van der Waals surface area contributed by atoms with E-state index >= 15 is 0 Å². The summed E-state index contributed by atoms with van der Waals surface area (Å²) in [6.45, 7) is 8.20. The number of rotatable bonds is 5. The molecule has 0 aromatic rings. The molecule has 2 rings (SSSR count). The average molecular weight is 244 g/mol. The van der Waals surface area contributed by atoms with Crippen molar-refractivity contribution < 1.29 is 18.9 Å². The van der Waals surface area contributed by atoms with Gasteiger partial charge < -0.3 is 18.9 Å².